The summed E-state index contributed by atoms with van der Waals surface area (Å²) in [6.45, 7) is 0. The molecule has 0 radical (unpaired) electrons. The Kier molecular flexibility index (Phi) is 4.96. The van der Waals surface area contributed by atoms with Crippen LogP contribution in [0.4, 0.5) is 0 Å². The molecule has 8 rings (SSSR count). The highest BCUT2D eigenvalue weighted by Gasteiger charge is 2.14. The molecule has 40 heavy (non-hydrogen) atoms. The Morgan fingerprint density at radius 1 is 0.375 bits per heavy atom. The first-order chi connectivity index (χ1) is 19.8. The Morgan fingerprint density at radius 3 is 1.25 bits per heavy atom. The highest BCUT2D eigenvalue weighted by Crippen LogP contribution is 2.31. The molecular formula is C32H18N6O2. The van der Waals surface area contributed by atoms with Gasteiger partial charge in [-0.3, -0.25) is 9.97 Å². The maximum absolute atomic E-state index is 6.02. The van der Waals surface area contributed by atoms with Gasteiger partial charge in [0.15, 0.2) is 0 Å². The summed E-state index contributed by atoms with van der Waals surface area (Å²) in [6.07, 6.45) is 3.50. The molecule has 0 fully saturated rings. The van der Waals surface area contributed by atoms with Crippen molar-refractivity contribution in [2.75, 3.05) is 0 Å². The van der Waals surface area contributed by atoms with Gasteiger partial charge in [0.2, 0.25) is 23.6 Å². The summed E-state index contributed by atoms with van der Waals surface area (Å²) < 4.78 is 12.0. The lowest BCUT2D eigenvalue weighted by molar-refractivity contribution is 0.584. The van der Waals surface area contributed by atoms with Gasteiger partial charge in [-0.2, -0.15) is 0 Å². The minimum atomic E-state index is 0.428. The summed E-state index contributed by atoms with van der Waals surface area (Å²) in [4.78, 5) is 8.99. The van der Waals surface area contributed by atoms with Crippen molar-refractivity contribution in [2.45, 2.75) is 0 Å². The summed E-state index contributed by atoms with van der Waals surface area (Å²) in [5, 5.41) is 21.2. The van der Waals surface area contributed by atoms with E-state index in [4.69, 9.17) is 8.83 Å². The average molecular weight is 519 g/mol. The van der Waals surface area contributed by atoms with Gasteiger partial charge in [0, 0.05) is 34.3 Å². The normalized spacial score (nSPS) is 11.5. The summed E-state index contributed by atoms with van der Waals surface area (Å²) in [6, 6.07) is 31.8. The summed E-state index contributed by atoms with van der Waals surface area (Å²) in [7, 11) is 0. The van der Waals surface area contributed by atoms with Crippen LogP contribution in [0.25, 0.3) is 78.4 Å². The lowest BCUT2D eigenvalue weighted by Crippen LogP contribution is -1.82. The molecule has 4 aromatic carbocycles. The molecule has 0 N–H and O–H groups in total. The predicted octanol–water partition coefficient (Wildman–Crippen LogP) is 7.37. The zero-order valence-electron chi connectivity index (χ0n) is 20.9. The van der Waals surface area contributed by atoms with E-state index in [-0.39, 0.29) is 0 Å². The van der Waals surface area contributed by atoms with E-state index in [1.165, 1.54) is 0 Å². The number of para-hydroxylation sites is 2. The number of rotatable bonds is 4. The fourth-order valence-corrected chi connectivity index (χ4v) is 4.80. The molecule has 4 heterocycles. The molecule has 188 valence electrons. The second-order valence-corrected chi connectivity index (χ2v) is 9.43. The molecule has 8 nitrogen and oxygen atoms in total. The number of benzene rings is 4. The van der Waals surface area contributed by atoms with Crippen molar-refractivity contribution in [2.24, 2.45) is 0 Å². The van der Waals surface area contributed by atoms with Crippen molar-refractivity contribution in [1.29, 1.82) is 0 Å². The first-order valence-corrected chi connectivity index (χ1v) is 12.7. The largest absolute Gasteiger partial charge is 0.416 e. The molecule has 0 bridgehead atoms. The fourth-order valence-electron chi connectivity index (χ4n) is 4.80. The van der Waals surface area contributed by atoms with Gasteiger partial charge < -0.3 is 8.83 Å². The van der Waals surface area contributed by atoms with Crippen LogP contribution in [0.1, 0.15) is 0 Å². The van der Waals surface area contributed by atoms with Crippen molar-refractivity contribution >= 4 is 32.6 Å². The molecule has 8 aromatic rings. The molecule has 0 amide bonds. The standard InChI is InChI=1S/C32H18N6O2/c1-3-7-27-21(5-1)15-25(17-33-27)31-37-35-29(39-31)23-11-9-20-14-24(12-10-19(20)13-23)30-36-38-32(40-30)26-16-22-6-2-4-8-28(22)34-18-26/h1-18H. The smallest absolute Gasteiger partial charge is 0.249 e. The van der Waals surface area contributed by atoms with E-state index in [1.54, 1.807) is 12.4 Å². The van der Waals surface area contributed by atoms with E-state index in [0.717, 1.165) is 54.8 Å². The Morgan fingerprint density at radius 2 is 0.775 bits per heavy atom. The zero-order valence-corrected chi connectivity index (χ0v) is 20.9. The van der Waals surface area contributed by atoms with Crippen LogP contribution in [0.3, 0.4) is 0 Å². The van der Waals surface area contributed by atoms with Crippen molar-refractivity contribution in [3.05, 3.63) is 109 Å². The molecule has 0 atom stereocenters. The van der Waals surface area contributed by atoms with Crippen molar-refractivity contribution in [3.63, 3.8) is 0 Å². The molecule has 0 saturated carbocycles. The number of hydrogen-bond acceptors (Lipinski definition) is 8. The van der Waals surface area contributed by atoms with Crippen molar-refractivity contribution < 1.29 is 8.83 Å². The highest BCUT2D eigenvalue weighted by atomic mass is 16.4. The van der Waals surface area contributed by atoms with E-state index >= 15 is 0 Å². The molecule has 0 saturated heterocycles. The molecule has 4 aromatic heterocycles. The topological polar surface area (TPSA) is 104 Å². The SMILES string of the molecule is c1ccc2ncc(-c3nnc(-c4ccc5cc(-c6nnc(-c7cnc8ccccc8c7)o6)ccc5c4)o3)cc2c1. The number of nitrogens with zero attached hydrogens (tertiary/aromatic N) is 6. The van der Waals surface area contributed by atoms with Crippen LogP contribution in [0.2, 0.25) is 0 Å². The van der Waals surface area contributed by atoms with Gasteiger partial charge >= 0.3 is 0 Å². The van der Waals surface area contributed by atoms with Gasteiger partial charge in [0.25, 0.3) is 0 Å². The molecule has 0 aliphatic rings. The minimum absolute atomic E-state index is 0.428. The molecule has 0 unspecified atom stereocenters. The lowest BCUT2D eigenvalue weighted by atomic mass is 10.0. The van der Waals surface area contributed by atoms with Crippen molar-refractivity contribution in [3.8, 4) is 45.8 Å². The quantitative estimate of drug-likeness (QED) is 0.238. The van der Waals surface area contributed by atoms with Gasteiger partial charge in [-0.25, -0.2) is 0 Å². The fraction of sp³-hybridized carbons (Fsp3) is 0. The average Bonchev–Trinajstić information content (AvgIpc) is 3.71. The Hall–Kier alpha value is -5.76. The van der Waals surface area contributed by atoms with Gasteiger partial charge in [-0.15, -0.1) is 20.4 Å². The van der Waals surface area contributed by atoms with Crippen LogP contribution in [0.15, 0.2) is 118 Å². The van der Waals surface area contributed by atoms with E-state index in [2.05, 4.69) is 30.4 Å². The number of aromatic nitrogens is 6. The maximum Gasteiger partial charge on any atom is 0.249 e. The molecule has 8 heteroatoms. The molecule has 0 spiro atoms. The van der Waals surface area contributed by atoms with E-state index in [9.17, 15) is 0 Å². The lowest BCUT2D eigenvalue weighted by Gasteiger charge is -2.03. The Balaban J connectivity index is 1.08. The van der Waals surface area contributed by atoms with Gasteiger partial charge in [0.1, 0.15) is 0 Å². The van der Waals surface area contributed by atoms with E-state index in [0.29, 0.717) is 23.6 Å². The van der Waals surface area contributed by atoms with E-state index in [1.807, 2.05) is 97.1 Å². The molecule has 0 aliphatic carbocycles. The van der Waals surface area contributed by atoms with Gasteiger partial charge in [-0.05, 0) is 59.3 Å². The van der Waals surface area contributed by atoms with Crippen LogP contribution in [-0.4, -0.2) is 30.4 Å². The van der Waals surface area contributed by atoms with Crippen LogP contribution in [0, 0.1) is 0 Å². The zero-order chi connectivity index (χ0) is 26.5. The third-order valence-electron chi connectivity index (χ3n) is 6.86. The Bertz CT molecular complexity index is 2040. The second-order valence-electron chi connectivity index (χ2n) is 9.43. The summed E-state index contributed by atoms with van der Waals surface area (Å²) in [5.74, 6) is 1.74. The minimum Gasteiger partial charge on any atom is -0.416 e. The van der Waals surface area contributed by atoms with E-state index < -0.39 is 0 Å². The Labute approximate surface area is 227 Å². The highest BCUT2D eigenvalue weighted by molar-refractivity contribution is 5.89. The number of pyridine rings is 2. The molecular weight excluding hydrogens is 500 g/mol. The maximum atomic E-state index is 6.02. The first kappa shape index (κ1) is 22.2. The van der Waals surface area contributed by atoms with Crippen LogP contribution in [0.5, 0.6) is 0 Å². The third-order valence-corrected chi connectivity index (χ3v) is 6.86. The third kappa shape index (κ3) is 3.86. The molecule has 0 aliphatic heterocycles. The first-order valence-electron chi connectivity index (χ1n) is 12.7. The van der Waals surface area contributed by atoms with Crippen LogP contribution < -0.4 is 0 Å². The van der Waals surface area contributed by atoms with Crippen LogP contribution >= 0.6 is 0 Å². The second kappa shape index (κ2) is 8.92. The predicted molar refractivity (Wildman–Crippen MR) is 152 cm³/mol. The summed E-state index contributed by atoms with van der Waals surface area (Å²) >= 11 is 0. The van der Waals surface area contributed by atoms with Gasteiger partial charge in [0.05, 0.1) is 22.2 Å². The number of fused-ring (bicyclic) bond motifs is 3. The number of hydrogen-bond donors (Lipinski definition) is 0. The van der Waals surface area contributed by atoms with Crippen LogP contribution in [-0.2, 0) is 0 Å². The van der Waals surface area contributed by atoms with Gasteiger partial charge in [-0.1, -0.05) is 48.5 Å². The van der Waals surface area contributed by atoms with Crippen molar-refractivity contribution in [1.82, 2.24) is 30.4 Å². The summed E-state index contributed by atoms with van der Waals surface area (Å²) in [5.41, 5.74) is 5.06. The monoisotopic (exact) mass is 518 g/mol.